The highest BCUT2D eigenvalue weighted by molar-refractivity contribution is 5.86. The van der Waals surface area contributed by atoms with Crippen molar-refractivity contribution in [1.82, 2.24) is 5.32 Å². The van der Waals surface area contributed by atoms with E-state index in [0.717, 1.165) is 6.54 Å². The fraction of sp³-hybridized carbons (Fsp3) is 0.238. The predicted molar refractivity (Wildman–Crippen MR) is 100.0 cm³/mol. The minimum Gasteiger partial charge on any atom is -0.378 e. The molecule has 3 rings (SSSR count). The van der Waals surface area contributed by atoms with Crippen LogP contribution < -0.4 is 10.2 Å². The van der Waals surface area contributed by atoms with Crippen LogP contribution in [0.1, 0.15) is 24.1 Å². The van der Waals surface area contributed by atoms with E-state index in [0.29, 0.717) is 6.04 Å². The topological polar surface area (TPSA) is 15.3 Å². The third kappa shape index (κ3) is 3.54. The van der Waals surface area contributed by atoms with Crippen molar-refractivity contribution in [3.8, 4) is 0 Å². The molecule has 0 aliphatic carbocycles. The Morgan fingerprint density at radius 3 is 2.30 bits per heavy atom. The van der Waals surface area contributed by atoms with Gasteiger partial charge in [0, 0.05) is 32.4 Å². The number of rotatable bonds is 5. The lowest BCUT2D eigenvalue weighted by Crippen LogP contribution is -2.18. The molecular formula is C21H24N2. The van der Waals surface area contributed by atoms with Crippen LogP contribution in [0.5, 0.6) is 0 Å². The molecule has 1 atom stereocenters. The Bertz CT molecular complexity index is 770. The van der Waals surface area contributed by atoms with E-state index in [2.05, 4.69) is 98.0 Å². The molecule has 1 N–H and O–H groups in total. The van der Waals surface area contributed by atoms with Gasteiger partial charge >= 0.3 is 0 Å². The number of benzene rings is 3. The fourth-order valence-electron chi connectivity index (χ4n) is 2.92. The molecule has 23 heavy (non-hydrogen) atoms. The summed E-state index contributed by atoms with van der Waals surface area (Å²) in [6, 6.07) is 24.1. The van der Waals surface area contributed by atoms with Gasteiger partial charge in [-0.1, -0.05) is 54.6 Å². The molecule has 3 aromatic carbocycles. The highest BCUT2D eigenvalue weighted by atomic mass is 15.1. The third-order valence-electron chi connectivity index (χ3n) is 4.35. The smallest absolute Gasteiger partial charge is 0.0361 e. The van der Waals surface area contributed by atoms with Gasteiger partial charge in [-0.15, -0.1) is 0 Å². The van der Waals surface area contributed by atoms with Gasteiger partial charge in [-0.3, -0.25) is 0 Å². The second-order valence-electron chi connectivity index (χ2n) is 6.23. The van der Waals surface area contributed by atoms with E-state index >= 15 is 0 Å². The summed E-state index contributed by atoms with van der Waals surface area (Å²) >= 11 is 0. The van der Waals surface area contributed by atoms with Crippen LogP contribution in [0.2, 0.25) is 0 Å². The van der Waals surface area contributed by atoms with Crippen LogP contribution in [0, 0.1) is 0 Å². The Hall–Kier alpha value is -2.32. The molecule has 2 nitrogen and oxygen atoms in total. The van der Waals surface area contributed by atoms with Crippen LogP contribution in [0.25, 0.3) is 10.8 Å². The van der Waals surface area contributed by atoms with Crippen LogP contribution in [0.3, 0.4) is 0 Å². The van der Waals surface area contributed by atoms with Crippen molar-refractivity contribution in [2.75, 3.05) is 19.0 Å². The number of nitrogens with one attached hydrogen (secondary N) is 1. The standard InChI is InChI=1S/C21H24N2/c1-16(20-10-6-8-18-7-4-5-9-21(18)20)22-15-17-11-13-19(14-12-17)23(2)3/h4-14,16,22H,15H2,1-3H3/t16-/m1/s1. The Morgan fingerprint density at radius 1 is 0.870 bits per heavy atom. The van der Waals surface area contributed by atoms with Crippen LogP contribution in [-0.4, -0.2) is 14.1 Å². The summed E-state index contributed by atoms with van der Waals surface area (Å²) in [6.45, 7) is 3.11. The number of anilines is 1. The molecule has 2 heteroatoms. The summed E-state index contributed by atoms with van der Waals surface area (Å²) in [6.07, 6.45) is 0. The number of fused-ring (bicyclic) bond motifs is 1. The maximum Gasteiger partial charge on any atom is 0.0361 e. The van der Waals surface area contributed by atoms with Crippen LogP contribution in [0.4, 0.5) is 5.69 Å². The molecular weight excluding hydrogens is 280 g/mol. The Morgan fingerprint density at radius 2 is 1.57 bits per heavy atom. The minimum absolute atomic E-state index is 0.314. The average Bonchev–Trinajstić information content (AvgIpc) is 2.59. The zero-order valence-corrected chi connectivity index (χ0v) is 14.1. The molecule has 0 heterocycles. The summed E-state index contributed by atoms with van der Waals surface area (Å²) in [5.74, 6) is 0. The summed E-state index contributed by atoms with van der Waals surface area (Å²) in [5, 5.41) is 6.27. The maximum atomic E-state index is 3.64. The van der Waals surface area contributed by atoms with Gasteiger partial charge in [0.2, 0.25) is 0 Å². The van der Waals surface area contributed by atoms with E-state index in [1.807, 2.05) is 0 Å². The van der Waals surface area contributed by atoms with Crippen LogP contribution in [-0.2, 0) is 6.54 Å². The molecule has 0 spiro atoms. The van der Waals surface area contributed by atoms with E-state index in [4.69, 9.17) is 0 Å². The van der Waals surface area contributed by atoms with Crippen molar-refractivity contribution < 1.29 is 0 Å². The second kappa shape index (κ2) is 6.84. The fourth-order valence-corrected chi connectivity index (χ4v) is 2.92. The summed E-state index contributed by atoms with van der Waals surface area (Å²) in [7, 11) is 4.13. The van der Waals surface area contributed by atoms with Crippen molar-refractivity contribution in [1.29, 1.82) is 0 Å². The maximum absolute atomic E-state index is 3.64. The SMILES string of the molecule is C[C@@H](NCc1ccc(N(C)C)cc1)c1cccc2ccccc12. The first kappa shape index (κ1) is 15.6. The van der Waals surface area contributed by atoms with Crippen molar-refractivity contribution >= 4 is 16.5 Å². The van der Waals surface area contributed by atoms with Crippen molar-refractivity contribution in [2.24, 2.45) is 0 Å². The van der Waals surface area contributed by atoms with E-state index in [1.54, 1.807) is 0 Å². The van der Waals surface area contributed by atoms with Crippen molar-refractivity contribution in [3.05, 3.63) is 77.9 Å². The van der Waals surface area contributed by atoms with Gasteiger partial charge < -0.3 is 10.2 Å². The summed E-state index contributed by atoms with van der Waals surface area (Å²) in [4.78, 5) is 2.12. The van der Waals surface area contributed by atoms with E-state index in [-0.39, 0.29) is 0 Å². The molecule has 3 aromatic rings. The lowest BCUT2D eigenvalue weighted by atomic mass is 9.99. The van der Waals surface area contributed by atoms with Gasteiger partial charge in [0.05, 0.1) is 0 Å². The molecule has 0 aliphatic heterocycles. The first-order valence-electron chi connectivity index (χ1n) is 8.12. The van der Waals surface area contributed by atoms with Gasteiger partial charge in [-0.25, -0.2) is 0 Å². The molecule has 0 aliphatic rings. The van der Waals surface area contributed by atoms with Gasteiger partial charge in [0.25, 0.3) is 0 Å². The van der Waals surface area contributed by atoms with Gasteiger partial charge in [0.15, 0.2) is 0 Å². The normalized spacial score (nSPS) is 12.3. The molecule has 0 amide bonds. The van der Waals surface area contributed by atoms with Crippen molar-refractivity contribution in [3.63, 3.8) is 0 Å². The lowest BCUT2D eigenvalue weighted by Gasteiger charge is -2.17. The number of hydrogen-bond donors (Lipinski definition) is 1. The summed E-state index contributed by atoms with van der Waals surface area (Å²) in [5.41, 5.74) is 3.89. The Labute approximate surface area is 138 Å². The first-order valence-corrected chi connectivity index (χ1v) is 8.12. The Balaban J connectivity index is 1.72. The highest BCUT2D eigenvalue weighted by Crippen LogP contribution is 2.24. The molecule has 0 bridgehead atoms. The molecule has 0 radical (unpaired) electrons. The zero-order valence-electron chi connectivity index (χ0n) is 14.1. The van der Waals surface area contributed by atoms with E-state index in [9.17, 15) is 0 Å². The van der Waals surface area contributed by atoms with Crippen molar-refractivity contribution in [2.45, 2.75) is 19.5 Å². The Kier molecular flexibility index (Phi) is 4.63. The highest BCUT2D eigenvalue weighted by Gasteiger charge is 2.08. The predicted octanol–water partition coefficient (Wildman–Crippen LogP) is 4.76. The molecule has 0 fully saturated rings. The minimum atomic E-state index is 0.314. The molecule has 118 valence electrons. The van der Waals surface area contributed by atoms with Crippen LogP contribution in [0.15, 0.2) is 66.7 Å². The molecule has 0 saturated heterocycles. The third-order valence-corrected chi connectivity index (χ3v) is 4.35. The molecule has 0 aromatic heterocycles. The lowest BCUT2D eigenvalue weighted by molar-refractivity contribution is 0.578. The van der Waals surface area contributed by atoms with Gasteiger partial charge in [-0.2, -0.15) is 0 Å². The number of hydrogen-bond acceptors (Lipinski definition) is 2. The second-order valence-corrected chi connectivity index (χ2v) is 6.23. The molecule has 0 unspecified atom stereocenters. The number of nitrogens with zero attached hydrogens (tertiary/aromatic N) is 1. The van der Waals surface area contributed by atoms with E-state index in [1.165, 1.54) is 27.6 Å². The first-order chi connectivity index (χ1) is 11.1. The molecule has 0 saturated carbocycles. The average molecular weight is 304 g/mol. The summed E-state index contributed by atoms with van der Waals surface area (Å²) < 4.78 is 0. The van der Waals surface area contributed by atoms with Gasteiger partial charge in [-0.05, 0) is 41.0 Å². The van der Waals surface area contributed by atoms with E-state index < -0.39 is 0 Å². The van der Waals surface area contributed by atoms with Gasteiger partial charge in [0.1, 0.15) is 0 Å². The monoisotopic (exact) mass is 304 g/mol. The van der Waals surface area contributed by atoms with Crippen LogP contribution >= 0.6 is 0 Å². The largest absolute Gasteiger partial charge is 0.378 e. The quantitative estimate of drug-likeness (QED) is 0.731. The zero-order chi connectivity index (χ0) is 16.2.